The van der Waals surface area contributed by atoms with Crippen molar-refractivity contribution in [1.82, 2.24) is 0 Å². The predicted octanol–water partition coefficient (Wildman–Crippen LogP) is 2.40. The van der Waals surface area contributed by atoms with Crippen LogP contribution in [0.3, 0.4) is 0 Å². The van der Waals surface area contributed by atoms with Crippen LogP contribution in [0.2, 0.25) is 0 Å². The van der Waals surface area contributed by atoms with Gasteiger partial charge in [0.15, 0.2) is 0 Å². The van der Waals surface area contributed by atoms with Gasteiger partial charge in [-0.05, 0) is 36.2 Å². The summed E-state index contributed by atoms with van der Waals surface area (Å²) < 4.78 is 13.8. The third kappa shape index (κ3) is 2.47. The van der Waals surface area contributed by atoms with Gasteiger partial charge < -0.3 is 0 Å². The highest BCUT2D eigenvalue weighted by molar-refractivity contribution is 7.54. The largest absolute Gasteiger partial charge is 0.276 e. The van der Waals surface area contributed by atoms with Gasteiger partial charge in [-0.25, -0.2) is 0 Å². The lowest BCUT2D eigenvalue weighted by Crippen LogP contribution is -1.88. The van der Waals surface area contributed by atoms with E-state index >= 15 is 0 Å². The molecule has 0 spiro atoms. The topological polar surface area (TPSA) is 46.5 Å². The van der Waals surface area contributed by atoms with Crippen LogP contribution in [-0.4, -0.2) is 9.45 Å². The van der Waals surface area contributed by atoms with Crippen LogP contribution in [0.15, 0.2) is 22.6 Å². The average molecular weight is 216 g/mol. The summed E-state index contributed by atoms with van der Waals surface area (Å²) in [6.45, 7) is 1.80. The van der Waals surface area contributed by atoms with Gasteiger partial charge in [-0.15, -0.1) is 0 Å². The molecule has 0 aliphatic heterocycles. The van der Waals surface area contributed by atoms with E-state index in [4.69, 9.17) is 11.6 Å². The van der Waals surface area contributed by atoms with Crippen LogP contribution in [0.5, 0.6) is 0 Å². The first kappa shape index (κ1) is 10.1. The van der Waals surface area contributed by atoms with Crippen LogP contribution in [0, 0.1) is 6.92 Å². The standard InChI is InChI=1S/C8H6ClNO2S/c1-5-2-3-6(8(9)11)4-7(5)10-13-12/h2-4H,1H3. The second kappa shape index (κ2) is 4.30. The second-order valence-electron chi connectivity index (χ2n) is 2.44. The van der Waals surface area contributed by atoms with E-state index in [-0.39, 0.29) is 11.5 Å². The molecule has 0 fully saturated rings. The summed E-state index contributed by atoms with van der Waals surface area (Å²) >= 11 is 5.37. The molecule has 0 atom stereocenters. The fourth-order valence-electron chi connectivity index (χ4n) is 0.870. The monoisotopic (exact) mass is 215 g/mol. The molecule has 0 aliphatic carbocycles. The third-order valence-corrected chi connectivity index (χ3v) is 2.06. The molecule has 0 N–H and O–H groups in total. The zero-order valence-corrected chi connectivity index (χ0v) is 8.35. The van der Waals surface area contributed by atoms with E-state index in [0.717, 1.165) is 5.56 Å². The highest BCUT2D eigenvalue weighted by atomic mass is 35.5. The molecular formula is C8H6ClNO2S. The zero-order valence-electron chi connectivity index (χ0n) is 6.78. The smallest absolute Gasteiger partial charge is 0.252 e. The number of halogens is 1. The van der Waals surface area contributed by atoms with Crippen LogP contribution >= 0.6 is 11.6 Å². The van der Waals surface area contributed by atoms with E-state index in [1.54, 1.807) is 19.1 Å². The maximum absolute atomic E-state index is 10.8. The van der Waals surface area contributed by atoms with Crippen LogP contribution in [0.1, 0.15) is 15.9 Å². The molecule has 0 radical (unpaired) electrons. The molecule has 1 rings (SSSR count). The molecule has 0 amide bonds. The summed E-state index contributed by atoms with van der Waals surface area (Å²) in [6, 6.07) is 4.79. The number of hydrogen-bond acceptors (Lipinski definition) is 3. The van der Waals surface area contributed by atoms with E-state index in [1.165, 1.54) is 6.07 Å². The molecule has 13 heavy (non-hydrogen) atoms. The molecule has 68 valence electrons. The minimum atomic E-state index is -0.549. The summed E-state index contributed by atoms with van der Waals surface area (Å²) in [4.78, 5) is 10.8. The first-order chi connectivity index (χ1) is 6.15. The molecule has 0 saturated carbocycles. The Morgan fingerprint density at radius 1 is 1.54 bits per heavy atom. The van der Waals surface area contributed by atoms with Crippen molar-refractivity contribution in [2.75, 3.05) is 0 Å². The van der Waals surface area contributed by atoms with Crippen molar-refractivity contribution < 1.29 is 9.00 Å². The number of hydrogen-bond donors (Lipinski definition) is 0. The number of benzene rings is 1. The fraction of sp³-hybridized carbons (Fsp3) is 0.125. The van der Waals surface area contributed by atoms with Crippen molar-refractivity contribution in [1.29, 1.82) is 0 Å². The molecule has 3 nitrogen and oxygen atoms in total. The molecule has 5 heteroatoms. The van der Waals surface area contributed by atoms with Crippen LogP contribution in [0.25, 0.3) is 0 Å². The molecule has 1 aromatic carbocycles. The maximum atomic E-state index is 10.8. The second-order valence-corrected chi connectivity index (χ2v) is 3.12. The van der Waals surface area contributed by atoms with Gasteiger partial charge in [-0.3, -0.25) is 4.79 Å². The minimum Gasteiger partial charge on any atom is -0.276 e. The quantitative estimate of drug-likeness (QED) is 0.712. The molecule has 0 bridgehead atoms. The highest BCUT2D eigenvalue weighted by Crippen LogP contribution is 2.20. The number of rotatable bonds is 2. The summed E-state index contributed by atoms with van der Waals surface area (Å²) in [5, 5.41) is -0.549. The van der Waals surface area contributed by atoms with Crippen LogP contribution in [-0.2, 0) is 11.5 Å². The highest BCUT2D eigenvalue weighted by Gasteiger charge is 2.04. The van der Waals surface area contributed by atoms with E-state index < -0.39 is 5.24 Å². The number of carbonyl (C=O) groups excluding carboxylic acids is 1. The molecule has 0 saturated heterocycles. The normalized spacial score (nSPS) is 9.38. The van der Waals surface area contributed by atoms with E-state index in [0.29, 0.717) is 11.3 Å². The summed E-state index contributed by atoms with van der Waals surface area (Å²) in [7, 11) is 0. The van der Waals surface area contributed by atoms with Crippen LogP contribution in [0.4, 0.5) is 5.69 Å². The predicted molar refractivity (Wildman–Crippen MR) is 51.6 cm³/mol. The van der Waals surface area contributed by atoms with Gasteiger partial charge in [0.2, 0.25) is 11.5 Å². The van der Waals surface area contributed by atoms with Gasteiger partial charge in [-0.1, -0.05) is 6.07 Å². The van der Waals surface area contributed by atoms with Crippen molar-refractivity contribution in [3.05, 3.63) is 29.3 Å². The Morgan fingerprint density at radius 2 is 2.23 bits per heavy atom. The van der Waals surface area contributed by atoms with Crippen molar-refractivity contribution in [2.24, 2.45) is 4.36 Å². The Morgan fingerprint density at radius 3 is 2.77 bits per heavy atom. The van der Waals surface area contributed by atoms with Crippen LogP contribution < -0.4 is 0 Å². The molecule has 0 unspecified atom stereocenters. The van der Waals surface area contributed by atoms with Gasteiger partial charge in [0.05, 0.1) is 5.69 Å². The number of carbonyl (C=O) groups is 1. The lowest BCUT2D eigenvalue weighted by atomic mass is 10.1. The average Bonchev–Trinajstić information content (AvgIpc) is 2.08. The fourth-order valence-corrected chi connectivity index (χ4v) is 1.26. The Balaban J connectivity index is 3.26. The van der Waals surface area contributed by atoms with Crippen molar-refractivity contribution in [3.63, 3.8) is 0 Å². The van der Waals surface area contributed by atoms with Gasteiger partial charge in [0, 0.05) is 5.56 Å². The Labute approximate surface area is 84.0 Å². The van der Waals surface area contributed by atoms with Gasteiger partial charge in [0.25, 0.3) is 5.24 Å². The lowest BCUT2D eigenvalue weighted by Gasteiger charge is -1.98. The number of nitrogens with zero attached hydrogens (tertiary/aromatic N) is 1. The molecule has 1 aromatic rings. The Hall–Kier alpha value is -1.00. The van der Waals surface area contributed by atoms with E-state index in [1.807, 2.05) is 0 Å². The number of aryl methyl sites for hydroxylation is 1. The van der Waals surface area contributed by atoms with Gasteiger partial charge in [-0.2, -0.15) is 8.57 Å². The first-order valence-electron chi connectivity index (χ1n) is 3.45. The zero-order chi connectivity index (χ0) is 9.84. The van der Waals surface area contributed by atoms with Gasteiger partial charge >= 0.3 is 0 Å². The van der Waals surface area contributed by atoms with E-state index in [2.05, 4.69) is 4.36 Å². The lowest BCUT2D eigenvalue weighted by molar-refractivity contribution is 0.108. The first-order valence-corrected chi connectivity index (χ1v) is 4.53. The molecule has 0 heterocycles. The third-order valence-electron chi connectivity index (χ3n) is 1.57. The molecule has 0 aromatic heterocycles. The van der Waals surface area contributed by atoms with Crippen molar-refractivity contribution in [3.8, 4) is 0 Å². The Bertz CT molecular complexity index is 399. The SMILES string of the molecule is Cc1ccc(C(=O)Cl)cc1N=S=O. The summed E-state index contributed by atoms with van der Waals surface area (Å²) in [5.41, 5.74) is 1.68. The van der Waals surface area contributed by atoms with E-state index in [9.17, 15) is 9.00 Å². The maximum Gasteiger partial charge on any atom is 0.252 e. The minimum absolute atomic E-state index is 0.110. The summed E-state index contributed by atoms with van der Waals surface area (Å²) in [5.74, 6) is 0. The van der Waals surface area contributed by atoms with Crippen molar-refractivity contribution >= 4 is 34.0 Å². The van der Waals surface area contributed by atoms with Gasteiger partial charge in [0.1, 0.15) is 0 Å². The Kier molecular flexibility index (Phi) is 3.33. The molecular weight excluding hydrogens is 210 g/mol. The van der Waals surface area contributed by atoms with Crippen molar-refractivity contribution in [2.45, 2.75) is 6.92 Å². The summed E-state index contributed by atoms with van der Waals surface area (Å²) in [6.07, 6.45) is 0. The molecule has 0 aliphatic rings.